The Hall–Kier alpha value is -3.36. The molecule has 0 spiro atoms. The molecule has 2 aliphatic rings. The normalized spacial score (nSPS) is 15.3. The van der Waals surface area contributed by atoms with Gasteiger partial charge in [0.25, 0.3) is 5.91 Å². The van der Waals surface area contributed by atoms with Crippen LogP contribution in [-0.2, 0) is 11.2 Å². The molecule has 1 aromatic carbocycles. The van der Waals surface area contributed by atoms with E-state index in [-0.39, 0.29) is 17.9 Å². The molecule has 5 rings (SSSR count). The predicted octanol–water partition coefficient (Wildman–Crippen LogP) is 5.54. The van der Waals surface area contributed by atoms with Crippen LogP contribution >= 0.6 is 0 Å². The Morgan fingerprint density at radius 1 is 1.06 bits per heavy atom. The summed E-state index contributed by atoms with van der Waals surface area (Å²) in [6.07, 6.45) is 7.73. The van der Waals surface area contributed by atoms with E-state index in [0.717, 1.165) is 62.8 Å². The third-order valence-electron chi connectivity index (χ3n) is 6.43. The Labute approximate surface area is 203 Å². The molecule has 0 saturated heterocycles. The van der Waals surface area contributed by atoms with Gasteiger partial charge in [-0.3, -0.25) is 9.18 Å². The molecule has 3 aromatic rings. The molecule has 2 saturated carbocycles. The van der Waals surface area contributed by atoms with E-state index >= 15 is 0 Å². The first-order valence-electron chi connectivity index (χ1n) is 12.4. The van der Waals surface area contributed by atoms with Crippen molar-refractivity contribution in [1.29, 1.82) is 0 Å². The molecular weight excluding hydrogens is 449 g/mol. The predicted molar refractivity (Wildman–Crippen MR) is 128 cm³/mol. The van der Waals surface area contributed by atoms with Gasteiger partial charge in [-0.15, -0.1) is 0 Å². The fourth-order valence-electron chi connectivity index (χ4n) is 4.02. The van der Waals surface area contributed by atoms with Crippen molar-refractivity contribution in [3.63, 3.8) is 0 Å². The van der Waals surface area contributed by atoms with Crippen LogP contribution in [0.5, 0.6) is 0 Å². The Kier molecular flexibility index (Phi) is 7.01. The molecule has 0 radical (unpaired) electrons. The lowest BCUT2D eigenvalue weighted by Gasteiger charge is -2.24. The van der Waals surface area contributed by atoms with Gasteiger partial charge in [-0.1, -0.05) is 35.4 Å². The number of aryl methyl sites for hydroxylation is 1. The van der Waals surface area contributed by atoms with Crippen molar-refractivity contribution < 1.29 is 18.2 Å². The van der Waals surface area contributed by atoms with E-state index in [4.69, 9.17) is 9.05 Å². The van der Waals surface area contributed by atoms with Gasteiger partial charge in [0.05, 0.1) is 6.67 Å². The highest BCUT2D eigenvalue weighted by molar-refractivity contribution is 6.05. The number of benzene rings is 1. The molecule has 2 aliphatic carbocycles. The van der Waals surface area contributed by atoms with E-state index in [1.807, 2.05) is 24.3 Å². The van der Waals surface area contributed by atoms with Crippen LogP contribution in [-0.4, -0.2) is 39.4 Å². The average molecular weight is 480 g/mol. The summed E-state index contributed by atoms with van der Waals surface area (Å²) in [6, 6.07) is 7.50. The molecule has 2 fully saturated rings. The Morgan fingerprint density at radius 2 is 1.89 bits per heavy atom. The van der Waals surface area contributed by atoms with Crippen molar-refractivity contribution in [3.8, 4) is 11.4 Å². The van der Waals surface area contributed by atoms with Crippen LogP contribution in [0, 0.1) is 0 Å². The van der Waals surface area contributed by atoms with Gasteiger partial charge >= 0.3 is 0 Å². The summed E-state index contributed by atoms with van der Waals surface area (Å²) >= 11 is 0. The molecular formula is C26H30FN5O3. The first kappa shape index (κ1) is 23.4. The number of carbonyl (C=O) groups excluding carboxylic acids is 1. The average Bonchev–Trinajstić information content (AvgIpc) is 3.81. The first-order valence-corrected chi connectivity index (χ1v) is 12.4. The molecule has 0 atom stereocenters. The smallest absolute Gasteiger partial charge is 0.253 e. The largest absolute Gasteiger partial charge is 0.339 e. The van der Waals surface area contributed by atoms with Crippen LogP contribution in [0.2, 0.25) is 0 Å². The maximum Gasteiger partial charge on any atom is 0.253 e. The van der Waals surface area contributed by atoms with Crippen molar-refractivity contribution in [2.45, 2.75) is 69.6 Å². The molecule has 0 aliphatic heterocycles. The number of nitrogens with zero attached hydrogens (tertiary/aromatic N) is 5. The second kappa shape index (κ2) is 10.5. The van der Waals surface area contributed by atoms with E-state index in [2.05, 4.69) is 26.9 Å². The molecule has 35 heavy (non-hydrogen) atoms. The summed E-state index contributed by atoms with van der Waals surface area (Å²) < 4.78 is 23.7. The molecule has 8 nitrogen and oxygen atoms in total. The molecule has 2 aromatic heterocycles. The van der Waals surface area contributed by atoms with Gasteiger partial charge < -0.3 is 13.9 Å². The first-order chi connectivity index (χ1) is 17.1. The summed E-state index contributed by atoms with van der Waals surface area (Å²) in [4.78, 5) is 23.8. The SMILES string of the molecule is C=C(CCF)C(=O)N(CCCCCc1nc(C2CC2)no1)c1cccc(-c2noc(C3CC3)n2)c1. The molecule has 1 amide bonds. The Balaban J connectivity index is 1.22. The van der Waals surface area contributed by atoms with Gasteiger partial charge in [0, 0.05) is 48.0 Å². The Morgan fingerprint density at radius 3 is 2.66 bits per heavy atom. The van der Waals surface area contributed by atoms with Gasteiger partial charge in [-0.2, -0.15) is 9.97 Å². The summed E-state index contributed by atoms with van der Waals surface area (Å²) in [5, 5.41) is 8.17. The van der Waals surface area contributed by atoms with E-state index in [1.165, 1.54) is 0 Å². The van der Waals surface area contributed by atoms with Crippen LogP contribution in [0.3, 0.4) is 0 Å². The van der Waals surface area contributed by atoms with Gasteiger partial charge in [0.1, 0.15) is 0 Å². The maximum atomic E-state index is 13.1. The minimum absolute atomic E-state index is 0.0190. The van der Waals surface area contributed by atoms with Crippen LogP contribution in [0.1, 0.15) is 80.8 Å². The standard InChI is InChI=1S/C26H30FN5O3/c1-17(13-14-27)26(33)32(15-4-2-3-8-22-28-23(30-34-22)18-9-10-18)21-7-5-6-20(16-21)24-29-25(35-31-24)19-11-12-19/h5-7,16,18-19H,1-4,8-15H2. The lowest BCUT2D eigenvalue weighted by Crippen LogP contribution is -2.33. The van der Waals surface area contributed by atoms with E-state index in [0.29, 0.717) is 41.7 Å². The summed E-state index contributed by atoms with van der Waals surface area (Å²) in [5.74, 6) is 3.26. The number of halogens is 1. The van der Waals surface area contributed by atoms with Gasteiger partial charge in [-0.25, -0.2) is 0 Å². The van der Waals surface area contributed by atoms with Crippen molar-refractivity contribution in [1.82, 2.24) is 20.3 Å². The number of carbonyl (C=O) groups is 1. The second-order valence-corrected chi connectivity index (χ2v) is 9.41. The van der Waals surface area contributed by atoms with Crippen molar-refractivity contribution in [2.75, 3.05) is 18.1 Å². The zero-order valence-corrected chi connectivity index (χ0v) is 19.8. The van der Waals surface area contributed by atoms with E-state index in [9.17, 15) is 9.18 Å². The van der Waals surface area contributed by atoms with Gasteiger partial charge in [0.2, 0.25) is 17.6 Å². The number of unbranched alkanes of at least 4 members (excludes halogenated alkanes) is 2. The fourth-order valence-corrected chi connectivity index (χ4v) is 4.02. The number of alkyl halides is 1. The third-order valence-corrected chi connectivity index (χ3v) is 6.43. The number of aromatic nitrogens is 4. The lowest BCUT2D eigenvalue weighted by atomic mass is 10.1. The molecule has 9 heteroatoms. The summed E-state index contributed by atoms with van der Waals surface area (Å²) in [7, 11) is 0. The zero-order chi connectivity index (χ0) is 24.2. The fraction of sp³-hybridized carbons (Fsp3) is 0.500. The second-order valence-electron chi connectivity index (χ2n) is 9.41. The molecule has 2 heterocycles. The van der Waals surface area contributed by atoms with Crippen molar-refractivity contribution in [2.24, 2.45) is 0 Å². The minimum atomic E-state index is -0.613. The number of rotatable bonds is 13. The topological polar surface area (TPSA) is 98.2 Å². The van der Waals surface area contributed by atoms with Gasteiger partial charge in [0.15, 0.2) is 5.82 Å². The number of hydrogen-bond acceptors (Lipinski definition) is 7. The van der Waals surface area contributed by atoms with E-state index in [1.54, 1.807) is 4.90 Å². The molecule has 0 N–H and O–H groups in total. The van der Waals surface area contributed by atoms with Gasteiger partial charge in [-0.05, 0) is 50.7 Å². The molecule has 184 valence electrons. The van der Waals surface area contributed by atoms with Crippen molar-refractivity contribution >= 4 is 11.6 Å². The van der Waals surface area contributed by atoms with Crippen LogP contribution in [0.4, 0.5) is 10.1 Å². The number of hydrogen-bond donors (Lipinski definition) is 0. The number of anilines is 1. The Bertz CT molecular complexity index is 1180. The highest BCUT2D eigenvalue weighted by Crippen LogP contribution is 2.40. The lowest BCUT2D eigenvalue weighted by molar-refractivity contribution is -0.115. The maximum absolute atomic E-state index is 13.1. The zero-order valence-electron chi connectivity index (χ0n) is 19.8. The third kappa shape index (κ3) is 5.83. The monoisotopic (exact) mass is 479 g/mol. The minimum Gasteiger partial charge on any atom is -0.339 e. The van der Waals surface area contributed by atoms with Crippen LogP contribution in [0.25, 0.3) is 11.4 Å². The highest BCUT2D eigenvalue weighted by Gasteiger charge is 2.30. The number of amides is 1. The quantitative estimate of drug-likeness (QED) is 0.235. The van der Waals surface area contributed by atoms with Crippen LogP contribution < -0.4 is 4.90 Å². The summed E-state index contributed by atoms with van der Waals surface area (Å²) in [6.45, 7) is 3.69. The molecule has 0 bridgehead atoms. The molecule has 0 unspecified atom stereocenters. The summed E-state index contributed by atoms with van der Waals surface area (Å²) in [5.41, 5.74) is 1.73. The van der Waals surface area contributed by atoms with Crippen molar-refractivity contribution in [3.05, 3.63) is 54.0 Å². The van der Waals surface area contributed by atoms with E-state index < -0.39 is 6.67 Å². The van der Waals surface area contributed by atoms with Crippen LogP contribution in [0.15, 0.2) is 45.5 Å². The highest BCUT2D eigenvalue weighted by atomic mass is 19.1.